The Morgan fingerprint density at radius 2 is 2.04 bits per heavy atom. The van der Waals surface area contributed by atoms with Crippen LogP contribution < -0.4 is 5.43 Å². The summed E-state index contributed by atoms with van der Waals surface area (Å²) in [6.07, 6.45) is 7.95. The molecule has 122 valence electrons. The van der Waals surface area contributed by atoms with Crippen molar-refractivity contribution in [2.45, 2.75) is 25.7 Å². The predicted octanol–water partition coefficient (Wildman–Crippen LogP) is 5.32. The molecule has 0 unspecified atom stereocenters. The average molecular weight is 377 g/mol. The number of halogens is 2. The number of rotatable bonds is 3. The number of nitrogens with zero attached hydrogens (tertiary/aromatic N) is 3. The number of hydrogen-bond donors (Lipinski definition) is 1. The Morgan fingerprint density at radius 1 is 1.17 bits per heavy atom. The van der Waals surface area contributed by atoms with Gasteiger partial charge in [-0.15, -0.1) is 11.3 Å². The number of benzene rings is 1. The highest BCUT2D eigenvalue weighted by molar-refractivity contribution is 7.19. The molecule has 2 aromatic heterocycles. The van der Waals surface area contributed by atoms with Crippen LogP contribution in [0, 0.1) is 0 Å². The highest BCUT2D eigenvalue weighted by Gasteiger charge is 2.19. The summed E-state index contributed by atoms with van der Waals surface area (Å²) >= 11 is 13.8. The summed E-state index contributed by atoms with van der Waals surface area (Å²) in [6, 6.07) is 5.31. The molecule has 0 radical (unpaired) electrons. The maximum absolute atomic E-state index is 6.16. The van der Waals surface area contributed by atoms with E-state index in [1.165, 1.54) is 23.3 Å². The lowest BCUT2D eigenvalue weighted by Gasteiger charge is -2.11. The normalized spacial score (nSPS) is 14.2. The molecule has 4 rings (SSSR count). The molecule has 0 saturated heterocycles. The maximum atomic E-state index is 6.16. The van der Waals surface area contributed by atoms with Crippen LogP contribution in [-0.4, -0.2) is 16.2 Å². The van der Waals surface area contributed by atoms with Crippen molar-refractivity contribution in [3.05, 3.63) is 50.6 Å². The van der Waals surface area contributed by atoms with Crippen LogP contribution in [0.15, 0.2) is 29.6 Å². The smallest absolute Gasteiger partial charge is 0.158 e. The first-order chi connectivity index (χ1) is 11.7. The number of hydrogen-bond acceptors (Lipinski definition) is 5. The molecule has 1 N–H and O–H groups in total. The summed E-state index contributed by atoms with van der Waals surface area (Å²) in [7, 11) is 0. The number of aromatic nitrogens is 2. The number of fused-ring (bicyclic) bond motifs is 3. The molecule has 1 aliphatic carbocycles. The first-order valence-corrected chi connectivity index (χ1v) is 9.29. The minimum Gasteiger partial charge on any atom is -0.261 e. The van der Waals surface area contributed by atoms with Gasteiger partial charge in [-0.3, -0.25) is 5.43 Å². The van der Waals surface area contributed by atoms with Gasteiger partial charge in [0.1, 0.15) is 11.2 Å². The number of anilines is 1. The van der Waals surface area contributed by atoms with Crippen LogP contribution in [-0.2, 0) is 12.8 Å². The van der Waals surface area contributed by atoms with Gasteiger partial charge in [-0.05, 0) is 43.4 Å². The van der Waals surface area contributed by atoms with E-state index in [0.717, 1.165) is 34.4 Å². The van der Waals surface area contributed by atoms with Crippen molar-refractivity contribution in [3.63, 3.8) is 0 Å². The van der Waals surface area contributed by atoms with Crippen molar-refractivity contribution in [1.29, 1.82) is 0 Å². The van der Waals surface area contributed by atoms with Gasteiger partial charge in [-0.2, -0.15) is 5.10 Å². The molecule has 0 spiro atoms. The lowest BCUT2D eigenvalue weighted by atomic mass is 9.97. The van der Waals surface area contributed by atoms with E-state index in [1.807, 2.05) is 6.07 Å². The second-order valence-corrected chi connectivity index (χ2v) is 7.58. The SMILES string of the molecule is Clc1ccc(/C=N/Nc2ncnc3sc4c(c23)CCCC4)c(Cl)c1. The van der Waals surface area contributed by atoms with Crippen LogP contribution in [0.25, 0.3) is 10.2 Å². The van der Waals surface area contributed by atoms with E-state index >= 15 is 0 Å². The molecular formula is C17H14Cl2N4S. The fraction of sp³-hybridized carbons (Fsp3) is 0.235. The Bertz CT molecular complexity index is 936. The van der Waals surface area contributed by atoms with Crippen LogP contribution in [0.5, 0.6) is 0 Å². The highest BCUT2D eigenvalue weighted by Crippen LogP contribution is 2.38. The van der Waals surface area contributed by atoms with Gasteiger partial charge in [0.25, 0.3) is 0 Å². The monoisotopic (exact) mass is 376 g/mol. The molecule has 24 heavy (non-hydrogen) atoms. The zero-order valence-electron chi connectivity index (χ0n) is 12.7. The zero-order chi connectivity index (χ0) is 16.5. The first kappa shape index (κ1) is 15.8. The topological polar surface area (TPSA) is 50.2 Å². The highest BCUT2D eigenvalue weighted by atomic mass is 35.5. The van der Waals surface area contributed by atoms with Crippen LogP contribution in [0.4, 0.5) is 5.82 Å². The average Bonchev–Trinajstić information content (AvgIpc) is 2.96. The molecular weight excluding hydrogens is 363 g/mol. The molecule has 0 amide bonds. The molecule has 0 bridgehead atoms. The minimum atomic E-state index is 0.564. The van der Waals surface area contributed by atoms with Gasteiger partial charge in [-0.1, -0.05) is 29.3 Å². The van der Waals surface area contributed by atoms with Crippen LogP contribution >= 0.6 is 34.5 Å². The molecule has 4 nitrogen and oxygen atoms in total. The summed E-state index contributed by atoms with van der Waals surface area (Å²) in [6.45, 7) is 0. The molecule has 1 aromatic carbocycles. The second kappa shape index (κ2) is 6.67. The van der Waals surface area contributed by atoms with Gasteiger partial charge in [0.05, 0.1) is 16.6 Å². The molecule has 0 aliphatic heterocycles. The fourth-order valence-corrected chi connectivity index (χ4v) is 4.63. The predicted molar refractivity (Wildman–Crippen MR) is 102 cm³/mol. The molecule has 0 atom stereocenters. The summed E-state index contributed by atoms with van der Waals surface area (Å²) in [5.41, 5.74) is 5.22. The summed E-state index contributed by atoms with van der Waals surface area (Å²) < 4.78 is 0. The van der Waals surface area contributed by atoms with E-state index in [2.05, 4.69) is 20.5 Å². The van der Waals surface area contributed by atoms with Crippen molar-refractivity contribution in [2.24, 2.45) is 5.10 Å². The van der Waals surface area contributed by atoms with Gasteiger partial charge in [0.15, 0.2) is 5.82 Å². The Morgan fingerprint density at radius 3 is 2.92 bits per heavy atom. The minimum absolute atomic E-state index is 0.564. The van der Waals surface area contributed by atoms with Gasteiger partial charge in [-0.25, -0.2) is 9.97 Å². The van der Waals surface area contributed by atoms with Gasteiger partial charge in [0.2, 0.25) is 0 Å². The van der Waals surface area contributed by atoms with E-state index in [0.29, 0.717) is 10.0 Å². The maximum Gasteiger partial charge on any atom is 0.158 e. The van der Waals surface area contributed by atoms with Crippen molar-refractivity contribution in [2.75, 3.05) is 5.43 Å². The quantitative estimate of drug-likeness (QED) is 0.496. The first-order valence-electron chi connectivity index (χ1n) is 7.72. The van der Waals surface area contributed by atoms with Gasteiger partial charge in [0, 0.05) is 15.5 Å². The molecule has 0 saturated carbocycles. The molecule has 2 heterocycles. The number of thiophene rings is 1. The molecule has 7 heteroatoms. The largest absolute Gasteiger partial charge is 0.261 e. The number of nitrogens with one attached hydrogen (secondary N) is 1. The van der Waals surface area contributed by atoms with Crippen LogP contribution in [0.3, 0.4) is 0 Å². The van der Waals surface area contributed by atoms with Crippen LogP contribution in [0.2, 0.25) is 10.0 Å². The van der Waals surface area contributed by atoms with Crippen molar-refractivity contribution < 1.29 is 0 Å². The third-order valence-corrected chi connectivity index (χ3v) is 5.85. The summed E-state index contributed by atoms with van der Waals surface area (Å²) in [5, 5.41) is 6.57. The van der Waals surface area contributed by atoms with E-state index in [1.54, 1.807) is 36.0 Å². The number of aryl methyl sites for hydroxylation is 2. The Balaban J connectivity index is 1.65. The lowest BCUT2D eigenvalue weighted by molar-refractivity contribution is 0.700. The third kappa shape index (κ3) is 2.99. The summed E-state index contributed by atoms with van der Waals surface area (Å²) in [5.74, 6) is 0.751. The van der Waals surface area contributed by atoms with Crippen molar-refractivity contribution in [3.8, 4) is 0 Å². The van der Waals surface area contributed by atoms with Crippen molar-refractivity contribution in [1.82, 2.24) is 9.97 Å². The van der Waals surface area contributed by atoms with E-state index < -0.39 is 0 Å². The molecule has 1 aliphatic rings. The zero-order valence-corrected chi connectivity index (χ0v) is 15.0. The lowest BCUT2D eigenvalue weighted by Crippen LogP contribution is -2.01. The van der Waals surface area contributed by atoms with Gasteiger partial charge >= 0.3 is 0 Å². The number of hydrazone groups is 1. The van der Waals surface area contributed by atoms with E-state index in [9.17, 15) is 0 Å². The van der Waals surface area contributed by atoms with Crippen LogP contribution in [0.1, 0.15) is 28.8 Å². The van der Waals surface area contributed by atoms with E-state index in [4.69, 9.17) is 23.2 Å². The second-order valence-electron chi connectivity index (χ2n) is 5.65. The molecule has 3 aromatic rings. The van der Waals surface area contributed by atoms with Crippen molar-refractivity contribution >= 4 is 56.8 Å². The summed E-state index contributed by atoms with van der Waals surface area (Å²) in [4.78, 5) is 11.2. The Labute approximate surface area is 153 Å². The standard InChI is InChI=1S/C17H14Cl2N4S/c18-11-6-5-10(13(19)7-11)8-22-23-16-15-12-3-1-2-4-14(12)24-17(15)21-9-20-16/h5-9H,1-4H2,(H,20,21,23)/b22-8+. The third-order valence-electron chi connectivity index (χ3n) is 4.09. The molecule has 0 fully saturated rings. The Hall–Kier alpha value is -1.69. The fourth-order valence-electron chi connectivity index (χ4n) is 2.94. The van der Waals surface area contributed by atoms with Gasteiger partial charge < -0.3 is 0 Å². The van der Waals surface area contributed by atoms with E-state index in [-0.39, 0.29) is 0 Å². The Kier molecular flexibility index (Phi) is 4.39.